The summed E-state index contributed by atoms with van der Waals surface area (Å²) in [4.78, 5) is 4.70. The van der Waals surface area contributed by atoms with Crippen LogP contribution in [0.25, 0.3) is 11.3 Å². The Kier molecular flexibility index (Phi) is 4.78. The van der Waals surface area contributed by atoms with Crippen molar-refractivity contribution in [3.05, 3.63) is 34.7 Å². The first-order chi connectivity index (χ1) is 9.49. The van der Waals surface area contributed by atoms with Gasteiger partial charge in [0.15, 0.2) is 0 Å². The monoisotopic (exact) mass is 290 g/mol. The molecule has 0 bridgehead atoms. The number of rotatable bonds is 5. The van der Waals surface area contributed by atoms with Gasteiger partial charge in [-0.25, -0.2) is 4.98 Å². The molecule has 0 spiro atoms. The highest BCUT2D eigenvalue weighted by atomic mass is 32.1. The molecule has 108 valence electrons. The first-order valence-electron chi connectivity index (χ1n) is 6.91. The fourth-order valence-electron chi connectivity index (χ4n) is 1.82. The maximum absolute atomic E-state index is 5.66. The van der Waals surface area contributed by atoms with Crippen molar-refractivity contribution in [3.8, 4) is 17.0 Å². The van der Waals surface area contributed by atoms with Crippen LogP contribution < -0.4 is 10.1 Å². The van der Waals surface area contributed by atoms with Crippen molar-refractivity contribution in [2.75, 3.05) is 6.61 Å². The molecule has 0 atom stereocenters. The molecule has 0 aliphatic heterocycles. The lowest BCUT2D eigenvalue weighted by molar-refractivity contribution is 0.341. The van der Waals surface area contributed by atoms with E-state index in [2.05, 4.69) is 37.5 Å². The average Bonchev–Trinajstić information content (AvgIpc) is 2.85. The van der Waals surface area contributed by atoms with Crippen molar-refractivity contribution in [2.24, 2.45) is 0 Å². The molecule has 20 heavy (non-hydrogen) atoms. The Morgan fingerprint density at radius 1 is 1.25 bits per heavy atom. The molecule has 1 heterocycles. The second-order valence-corrected chi connectivity index (χ2v) is 6.60. The van der Waals surface area contributed by atoms with Gasteiger partial charge in [-0.15, -0.1) is 11.3 Å². The van der Waals surface area contributed by atoms with Gasteiger partial charge in [-0.05, 0) is 39.8 Å². The third-order valence-electron chi connectivity index (χ3n) is 2.78. The topological polar surface area (TPSA) is 34.1 Å². The summed E-state index contributed by atoms with van der Waals surface area (Å²) < 4.78 is 5.66. The van der Waals surface area contributed by atoms with Gasteiger partial charge in [0.05, 0.1) is 12.3 Å². The summed E-state index contributed by atoms with van der Waals surface area (Å²) in [6.45, 7) is 9.94. The minimum Gasteiger partial charge on any atom is -0.493 e. The van der Waals surface area contributed by atoms with Crippen molar-refractivity contribution in [3.63, 3.8) is 0 Å². The van der Waals surface area contributed by atoms with Gasteiger partial charge in [-0.2, -0.15) is 0 Å². The van der Waals surface area contributed by atoms with Gasteiger partial charge >= 0.3 is 0 Å². The van der Waals surface area contributed by atoms with E-state index in [1.54, 1.807) is 11.3 Å². The Labute approximate surface area is 125 Å². The summed E-state index contributed by atoms with van der Waals surface area (Å²) in [5.74, 6) is 0.899. The molecule has 0 aliphatic carbocycles. The van der Waals surface area contributed by atoms with Gasteiger partial charge in [0.1, 0.15) is 10.8 Å². The molecule has 0 saturated carbocycles. The first-order valence-corrected chi connectivity index (χ1v) is 7.79. The highest BCUT2D eigenvalue weighted by Crippen LogP contribution is 2.30. The molecule has 0 unspecified atom stereocenters. The van der Waals surface area contributed by atoms with Crippen LogP contribution in [0.15, 0.2) is 29.6 Å². The lowest BCUT2D eigenvalue weighted by Gasteiger charge is -2.19. The second-order valence-electron chi connectivity index (χ2n) is 5.66. The van der Waals surface area contributed by atoms with Crippen LogP contribution in [0.2, 0.25) is 0 Å². The maximum Gasteiger partial charge on any atom is 0.128 e. The molecule has 0 aliphatic rings. The zero-order valence-electron chi connectivity index (χ0n) is 12.6. The number of thiazole rings is 1. The molecule has 0 radical (unpaired) electrons. The summed E-state index contributed by atoms with van der Waals surface area (Å²) in [6.07, 6.45) is 0. The molecule has 2 rings (SSSR count). The van der Waals surface area contributed by atoms with Crippen LogP contribution in [0.4, 0.5) is 0 Å². The molecule has 3 nitrogen and oxygen atoms in total. The molecule has 0 saturated heterocycles. The Bertz CT molecular complexity index is 558. The van der Waals surface area contributed by atoms with Gasteiger partial charge in [0.25, 0.3) is 0 Å². The van der Waals surface area contributed by atoms with Crippen LogP contribution in [-0.2, 0) is 6.54 Å². The Morgan fingerprint density at radius 3 is 2.70 bits per heavy atom. The number of hydrogen-bond donors (Lipinski definition) is 1. The van der Waals surface area contributed by atoms with Gasteiger partial charge in [0.2, 0.25) is 0 Å². The predicted octanol–water partition coefficient (Wildman–Crippen LogP) is 4.10. The number of hydrogen-bond acceptors (Lipinski definition) is 4. The predicted molar refractivity (Wildman–Crippen MR) is 85.3 cm³/mol. The molecular formula is C16H22N2OS. The van der Waals surface area contributed by atoms with Crippen LogP contribution in [0.5, 0.6) is 5.75 Å². The minimum absolute atomic E-state index is 0.106. The fourth-order valence-corrected chi connectivity index (χ4v) is 2.55. The van der Waals surface area contributed by atoms with Crippen molar-refractivity contribution < 1.29 is 4.74 Å². The smallest absolute Gasteiger partial charge is 0.128 e. The number of para-hydroxylation sites is 1. The van der Waals surface area contributed by atoms with E-state index in [9.17, 15) is 0 Å². The van der Waals surface area contributed by atoms with Crippen molar-refractivity contribution in [2.45, 2.75) is 39.8 Å². The van der Waals surface area contributed by atoms with Crippen LogP contribution in [0, 0.1) is 0 Å². The number of nitrogens with one attached hydrogen (secondary N) is 1. The van der Waals surface area contributed by atoms with E-state index in [1.807, 2.05) is 25.1 Å². The summed E-state index contributed by atoms with van der Waals surface area (Å²) in [5, 5.41) is 6.65. The van der Waals surface area contributed by atoms with E-state index in [0.717, 1.165) is 28.6 Å². The minimum atomic E-state index is 0.106. The van der Waals surface area contributed by atoms with Crippen LogP contribution >= 0.6 is 11.3 Å². The van der Waals surface area contributed by atoms with E-state index in [1.165, 1.54) is 0 Å². The maximum atomic E-state index is 5.66. The Morgan fingerprint density at radius 2 is 2.00 bits per heavy atom. The summed E-state index contributed by atoms with van der Waals surface area (Å²) in [6, 6.07) is 8.06. The van der Waals surface area contributed by atoms with Crippen molar-refractivity contribution >= 4 is 11.3 Å². The molecular weight excluding hydrogens is 268 g/mol. The second kappa shape index (κ2) is 6.37. The molecule has 0 amide bonds. The van der Waals surface area contributed by atoms with E-state index in [4.69, 9.17) is 9.72 Å². The lowest BCUT2D eigenvalue weighted by Crippen LogP contribution is -2.34. The van der Waals surface area contributed by atoms with Gasteiger partial charge in [-0.3, -0.25) is 0 Å². The number of aromatic nitrogens is 1. The quantitative estimate of drug-likeness (QED) is 0.900. The standard InChI is InChI=1S/C16H22N2OS/c1-5-19-14-9-7-6-8-12(14)13-11-20-15(18-13)10-17-16(2,3)4/h6-9,11,17H,5,10H2,1-4H3. The Balaban J connectivity index is 2.16. The van der Waals surface area contributed by atoms with Crippen molar-refractivity contribution in [1.29, 1.82) is 0 Å². The third kappa shape index (κ3) is 4.05. The molecule has 0 fully saturated rings. The Hall–Kier alpha value is -1.39. The van der Waals surface area contributed by atoms with E-state index in [-0.39, 0.29) is 5.54 Å². The number of benzene rings is 1. The largest absolute Gasteiger partial charge is 0.493 e. The molecule has 1 N–H and O–H groups in total. The first kappa shape index (κ1) is 15.0. The SMILES string of the molecule is CCOc1ccccc1-c1csc(CNC(C)(C)C)n1. The summed E-state index contributed by atoms with van der Waals surface area (Å²) >= 11 is 1.68. The highest BCUT2D eigenvalue weighted by molar-refractivity contribution is 7.09. The summed E-state index contributed by atoms with van der Waals surface area (Å²) in [5.41, 5.74) is 2.16. The zero-order valence-corrected chi connectivity index (χ0v) is 13.4. The van der Waals surface area contributed by atoms with Crippen LogP contribution in [-0.4, -0.2) is 17.1 Å². The normalized spacial score (nSPS) is 11.6. The van der Waals surface area contributed by atoms with Gasteiger partial charge in [-0.1, -0.05) is 12.1 Å². The number of nitrogens with zero attached hydrogens (tertiary/aromatic N) is 1. The molecule has 4 heteroatoms. The van der Waals surface area contributed by atoms with Crippen LogP contribution in [0.1, 0.15) is 32.7 Å². The average molecular weight is 290 g/mol. The van der Waals surface area contributed by atoms with Crippen molar-refractivity contribution in [1.82, 2.24) is 10.3 Å². The fraction of sp³-hybridized carbons (Fsp3) is 0.438. The zero-order chi connectivity index (χ0) is 14.6. The van der Waals surface area contributed by atoms with E-state index >= 15 is 0 Å². The van der Waals surface area contributed by atoms with Crippen LogP contribution in [0.3, 0.4) is 0 Å². The van der Waals surface area contributed by atoms with Gasteiger partial charge in [0, 0.05) is 23.0 Å². The van der Waals surface area contributed by atoms with E-state index < -0.39 is 0 Å². The summed E-state index contributed by atoms with van der Waals surface area (Å²) in [7, 11) is 0. The van der Waals surface area contributed by atoms with Gasteiger partial charge < -0.3 is 10.1 Å². The molecule has 1 aromatic carbocycles. The lowest BCUT2D eigenvalue weighted by atomic mass is 10.1. The number of ether oxygens (including phenoxy) is 1. The molecule has 1 aromatic heterocycles. The van der Waals surface area contributed by atoms with E-state index in [0.29, 0.717) is 6.61 Å². The highest BCUT2D eigenvalue weighted by Gasteiger charge is 2.12. The third-order valence-corrected chi connectivity index (χ3v) is 3.63. The molecule has 2 aromatic rings.